The van der Waals surface area contributed by atoms with Crippen molar-refractivity contribution in [3.63, 3.8) is 0 Å². The molecule has 1 aromatic rings. The Bertz CT molecular complexity index is 424. The topological polar surface area (TPSA) is 64.8 Å². The molecule has 110 valence electrons. The van der Waals surface area contributed by atoms with Gasteiger partial charge in [-0.25, -0.2) is 4.79 Å². The number of benzene rings is 1. The van der Waals surface area contributed by atoms with Crippen LogP contribution < -0.4 is 5.73 Å². The minimum atomic E-state index is -0.285. The van der Waals surface area contributed by atoms with Gasteiger partial charge in [-0.05, 0) is 18.9 Å². The van der Waals surface area contributed by atoms with Crippen LogP contribution in [-0.2, 0) is 16.1 Å². The third-order valence-corrected chi connectivity index (χ3v) is 3.44. The molecular formula is C15H22N2O3. The standard InChI is InChI=1S/C15H22N2O3/c1-2-19-15(18)17-9-8-13(16)14(10-17)20-11-12-6-4-3-5-7-12/h3-7,13-14H,2,8-11,16H2,1H3/t13-,14+/m1/s1. The second kappa shape index (κ2) is 7.26. The molecule has 20 heavy (non-hydrogen) atoms. The molecule has 0 unspecified atom stereocenters. The molecule has 0 bridgehead atoms. The highest BCUT2D eigenvalue weighted by Crippen LogP contribution is 2.15. The van der Waals surface area contributed by atoms with E-state index in [9.17, 15) is 4.79 Å². The lowest BCUT2D eigenvalue weighted by Crippen LogP contribution is -2.53. The molecule has 1 aliphatic rings. The molecule has 2 N–H and O–H groups in total. The molecular weight excluding hydrogens is 256 g/mol. The third kappa shape index (κ3) is 3.95. The molecule has 2 atom stereocenters. The van der Waals surface area contributed by atoms with Crippen LogP contribution in [0.15, 0.2) is 30.3 Å². The minimum absolute atomic E-state index is 0.0376. The normalized spacial score (nSPS) is 22.6. The second-order valence-corrected chi connectivity index (χ2v) is 4.93. The number of piperidine rings is 1. The van der Waals surface area contributed by atoms with Crippen molar-refractivity contribution in [1.29, 1.82) is 0 Å². The fourth-order valence-electron chi connectivity index (χ4n) is 2.27. The Morgan fingerprint density at radius 1 is 1.40 bits per heavy atom. The molecule has 5 heteroatoms. The lowest BCUT2D eigenvalue weighted by Gasteiger charge is -2.36. The average Bonchev–Trinajstić information content (AvgIpc) is 2.47. The Kier molecular flexibility index (Phi) is 5.38. The fraction of sp³-hybridized carbons (Fsp3) is 0.533. The number of carbonyl (C=O) groups excluding carboxylic acids is 1. The van der Waals surface area contributed by atoms with E-state index in [1.165, 1.54) is 0 Å². The Labute approximate surface area is 119 Å². The average molecular weight is 278 g/mol. The van der Waals surface area contributed by atoms with E-state index in [2.05, 4.69) is 0 Å². The molecule has 0 aromatic heterocycles. The number of rotatable bonds is 4. The summed E-state index contributed by atoms with van der Waals surface area (Å²) in [7, 11) is 0. The number of ether oxygens (including phenoxy) is 2. The van der Waals surface area contributed by atoms with Crippen LogP contribution in [0.5, 0.6) is 0 Å². The Morgan fingerprint density at radius 2 is 2.15 bits per heavy atom. The molecule has 1 amide bonds. The summed E-state index contributed by atoms with van der Waals surface area (Å²) in [6, 6.07) is 9.91. The molecule has 2 rings (SSSR count). The minimum Gasteiger partial charge on any atom is -0.450 e. The highest BCUT2D eigenvalue weighted by Gasteiger charge is 2.30. The molecule has 0 aliphatic carbocycles. The van der Waals surface area contributed by atoms with Crippen LogP contribution in [0.4, 0.5) is 4.79 Å². The summed E-state index contributed by atoms with van der Waals surface area (Å²) in [5, 5.41) is 0. The number of hydrogen-bond acceptors (Lipinski definition) is 4. The van der Waals surface area contributed by atoms with E-state index in [0.29, 0.717) is 26.3 Å². The van der Waals surface area contributed by atoms with Gasteiger partial charge in [-0.15, -0.1) is 0 Å². The van der Waals surface area contributed by atoms with Gasteiger partial charge in [-0.2, -0.15) is 0 Å². The van der Waals surface area contributed by atoms with Gasteiger partial charge >= 0.3 is 6.09 Å². The molecule has 1 fully saturated rings. The van der Waals surface area contributed by atoms with Crippen molar-refractivity contribution in [3.8, 4) is 0 Å². The van der Waals surface area contributed by atoms with Crippen molar-refractivity contribution in [2.75, 3.05) is 19.7 Å². The Hall–Kier alpha value is -1.59. The maximum Gasteiger partial charge on any atom is 0.409 e. The van der Waals surface area contributed by atoms with Crippen molar-refractivity contribution < 1.29 is 14.3 Å². The zero-order valence-corrected chi connectivity index (χ0v) is 11.8. The van der Waals surface area contributed by atoms with Gasteiger partial charge < -0.3 is 20.1 Å². The maximum atomic E-state index is 11.7. The van der Waals surface area contributed by atoms with Gasteiger partial charge in [0.1, 0.15) is 0 Å². The van der Waals surface area contributed by atoms with Gasteiger partial charge in [0.2, 0.25) is 0 Å². The van der Waals surface area contributed by atoms with Crippen molar-refractivity contribution >= 4 is 6.09 Å². The summed E-state index contributed by atoms with van der Waals surface area (Å²) >= 11 is 0. The Balaban J connectivity index is 1.87. The van der Waals surface area contributed by atoms with Crippen LogP contribution in [0.25, 0.3) is 0 Å². The van der Waals surface area contributed by atoms with Gasteiger partial charge in [-0.1, -0.05) is 30.3 Å². The van der Waals surface area contributed by atoms with E-state index in [4.69, 9.17) is 15.2 Å². The van der Waals surface area contributed by atoms with Crippen LogP contribution in [0, 0.1) is 0 Å². The maximum absolute atomic E-state index is 11.7. The summed E-state index contributed by atoms with van der Waals surface area (Å²) in [4.78, 5) is 13.4. The lowest BCUT2D eigenvalue weighted by molar-refractivity contribution is -0.0213. The number of likely N-dealkylation sites (tertiary alicyclic amines) is 1. The lowest BCUT2D eigenvalue weighted by atomic mass is 10.0. The first-order valence-electron chi connectivity index (χ1n) is 7.03. The van der Waals surface area contributed by atoms with E-state index >= 15 is 0 Å². The molecule has 1 heterocycles. The summed E-state index contributed by atoms with van der Waals surface area (Å²) < 4.78 is 10.9. The zero-order chi connectivity index (χ0) is 14.4. The van der Waals surface area contributed by atoms with Crippen LogP contribution in [0.2, 0.25) is 0 Å². The first-order chi connectivity index (χ1) is 9.70. The first-order valence-corrected chi connectivity index (χ1v) is 7.03. The number of hydrogen-bond donors (Lipinski definition) is 1. The molecule has 0 radical (unpaired) electrons. The summed E-state index contributed by atoms with van der Waals surface area (Å²) in [5.41, 5.74) is 7.18. The van der Waals surface area contributed by atoms with Crippen molar-refractivity contribution in [3.05, 3.63) is 35.9 Å². The number of carbonyl (C=O) groups is 1. The van der Waals surface area contributed by atoms with Crippen molar-refractivity contribution in [2.45, 2.75) is 32.1 Å². The van der Waals surface area contributed by atoms with E-state index in [1.807, 2.05) is 30.3 Å². The largest absolute Gasteiger partial charge is 0.450 e. The number of amides is 1. The van der Waals surface area contributed by atoms with Crippen LogP contribution in [-0.4, -0.2) is 42.8 Å². The monoisotopic (exact) mass is 278 g/mol. The van der Waals surface area contributed by atoms with Gasteiger partial charge in [0.25, 0.3) is 0 Å². The second-order valence-electron chi connectivity index (χ2n) is 4.93. The molecule has 1 aliphatic heterocycles. The summed E-state index contributed by atoms with van der Waals surface area (Å²) in [6.45, 7) is 3.82. The molecule has 0 saturated carbocycles. The van der Waals surface area contributed by atoms with E-state index in [-0.39, 0.29) is 18.2 Å². The molecule has 5 nitrogen and oxygen atoms in total. The fourth-order valence-corrected chi connectivity index (χ4v) is 2.27. The van der Waals surface area contributed by atoms with E-state index < -0.39 is 0 Å². The Morgan fingerprint density at radius 3 is 2.85 bits per heavy atom. The first kappa shape index (κ1) is 14.8. The van der Waals surface area contributed by atoms with Gasteiger partial charge in [0.05, 0.1) is 25.9 Å². The van der Waals surface area contributed by atoms with Crippen LogP contribution >= 0.6 is 0 Å². The van der Waals surface area contributed by atoms with Gasteiger partial charge in [0.15, 0.2) is 0 Å². The number of nitrogens with two attached hydrogens (primary N) is 1. The molecule has 1 saturated heterocycles. The highest BCUT2D eigenvalue weighted by atomic mass is 16.6. The summed E-state index contributed by atoms with van der Waals surface area (Å²) in [6.07, 6.45) is 0.305. The van der Waals surface area contributed by atoms with Crippen LogP contribution in [0.3, 0.4) is 0 Å². The molecule has 0 spiro atoms. The zero-order valence-electron chi connectivity index (χ0n) is 11.8. The predicted molar refractivity (Wildman–Crippen MR) is 76.2 cm³/mol. The predicted octanol–water partition coefficient (Wildman–Crippen LogP) is 1.76. The quantitative estimate of drug-likeness (QED) is 0.911. The van der Waals surface area contributed by atoms with E-state index in [1.54, 1.807) is 11.8 Å². The van der Waals surface area contributed by atoms with Gasteiger partial charge in [-0.3, -0.25) is 0 Å². The summed E-state index contributed by atoms with van der Waals surface area (Å²) in [5.74, 6) is 0. The van der Waals surface area contributed by atoms with Crippen molar-refractivity contribution in [2.24, 2.45) is 5.73 Å². The van der Waals surface area contributed by atoms with Gasteiger partial charge in [0, 0.05) is 12.6 Å². The SMILES string of the molecule is CCOC(=O)N1CC[C@@H](N)[C@@H](OCc2ccccc2)C1. The van der Waals surface area contributed by atoms with Crippen molar-refractivity contribution in [1.82, 2.24) is 4.90 Å². The number of nitrogens with zero attached hydrogens (tertiary/aromatic N) is 1. The smallest absolute Gasteiger partial charge is 0.409 e. The highest BCUT2D eigenvalue weighted by molar-refractivity contribution is 5.67. The molecule has 1 aromatic carbocycles. The van der Waals surface area contributed by atoms with E-state index in [0.717, 1.165) is 12.0 Å². The van der Waals surface area contributed by atoms with Crippen LogP contribution in [0.1, 0.15) is 18.9 Å². The third-order valence-electron chi connectivity index (χ3n) is 3.44.